The number of aryl methyl sites for hydroxylation is 1. The molecule has 0 aromatic carbocycles. The molecule has 3 N–H and O–H groups in total. The van der Waals surface area contributed by atoms with E-state index in [1.165, 1.54) is 12.3 Å². The molecule has 0 spiro atoms. The van der Waals surface area contributed by atoms with Crippen molar-refractivity contribution in [2.24, 2.45) is 7.05 Å². The van der Waals surface area contributed by atoms with E-state index < -0.39 is 0 Å². The van der Waals surface area contributed by atoms with Gasteiger partial charge in [-0.1, -0.05) is 11.6 Å². The molecular formula is C10H11ClN6O. The third kappa shape index (κ3) is 2.75. The number of rotatable bonds is 3. The summed E-state index contributed by atoms with van der Waals surface area (Å²) in [4.78, 5) is 19.6. The number of hydrogen-bond donors (Lipinski definition) is 2. The van der Waals surface area contributed by atoms with Crippen molar-refractivity contribution < 1.29 is 4.79 Å². The number of nitrogens with two attached hydrogens (primary N) is 1. The molecule has 0 fully saturated rings. The summed E-state index contributed by atoms with van der Waals surface area (Å²) in [5.74, 6) is 0.408. The highest BCUT2D eigenvalue weighted by molar-refractivity contribution is 6.33. The quantitative estimate of drug-likeness (QED) is 0.837. The van der Waals surface area contributed by atoms with E-state index in [0.29, 0.717) is 5.82 Å². The second kappa shape index (κ2) is 5.01. The number of nitrogens with one attached hydrogen (secondary N) is 1. The molecule has 0 aliphatic heterocycles. The van der Waals surface area contributed by atoms with E-state index in [4.69, 9.17) is 17.3 Å². The smallest absolute Gasteiger partial charge is 0.253 e. The highest BCUT2D eigenvalue weighted by Gasteiger charge is 2.11. The van der Waals surface area contributed by atoms with Crippen LogP contribution in [0.2, 0.25) is 5.02 Å². The van der Waals surface area contributed by atoms with E-state index in [9.17, 15) is 4.79 Å². The van der Waals surface area contributed by atoms with Crippen molar-refractivity contribution in [3.8, 4) is 0 Å². The first kappa shape index (κ1) is 12.3. The fourth-order valence-electron chi connectivity index (χ4n) is 1.35. The first-order valence-corrected chi connectivity index (χ1v) is 5.48. The summed E-state index contributed by atoms with van der Waals surface area (Å²) in [5.41, 5.74) is 5.78. The molecule has 0 unspecified atom stereocenters. The molecule has 7 nitrogen and oxygen atoms in total. The fraction of sp³-hybridized carbons (Fsp3) is 0.200. The van der Waals surface area contributed by atoms with E-state index in [0.717, 1.165) is 0 Å². The van der Waals surface area contributed by atoms with Crippen LogP contribution in [-0.4, -0.2) is 25.7 Å². The van der Waals surface area contributed by atoms with Crippen LogP contribution in [0.5, 0.6) is 0 Å². The number of hydrogen-bond acceptors (Lipinski definition) is 5. The Balaban J connectivity index is 2.05. The Bertz CT molecular complexity index is 581. The maximum atomic E-state index is 11.9. The number of nitrogens with zero attached hydrogens (tertiary/aromatic N) is 4. The molecule has 0 atom stereocenters. The molecule has 8 heteroatoms. The minimum atomic E-state index is -0.346. The number of amides is 1. The molecule has 0 bridgehead atoms. The first-order valence-electron chi connectivity index (χ1n) is 5.10. The Labute approximate surface area is 108 Å². The monoisotopic (exact) mass is 266 g/mol. The third-order valence-corrected chi connectivity index (χ3v) is 2.48. The number of nitrogen functional groups attached to an aromatic ring is 1. The number of carbonyl (C=O) groups excluding carboxylic acids is 1. The van der Waals surface area contributed by atoms with E-state index in [-0.39, 0.29) is 28.9 Å². The lowest BCUT2D eigenvalue weighted by molar-refractivity contribution is 0.0950. The van der Waals surface area contributed by atoms with E-state index in [1.54, 1.807) is 18.1 Å². The van der Waals surface area contributed by atoms with Gasteiger partial charge in [-0.15, -0.1) is 0 Å². The minimum absolute atomic E-state index is 0.220. The van der Waals surface area contributed by atoms with Gasteiger partial charge in [-0.25, -0.2) is 9.97 Å². The van der Waals surface area contributed by atoms with Gasteiger partial charge in [-0.3, -0.25) is 9.48 Å². The predicted molar refractivity (Wildman–Crippen MR) is 65.8 cm³/mol. The molecule has 18 heavy (non-hydrogen) atoms. The van der Waals surface area contributed by atoms with Crippen LogP contribution < -0.4 is 11.1 Å². The molecule has 2 aromatic heterocycles. The molecule has 2 aromatic rings. The van der Waals surface area contributed by atoms with E-state index in [1.807, 2.05) is 0 Å². The van der Waals surface area contributed by atoms with Gasteiger partial charge in [-0.05, 0) is 6.07 Å². The van der Waals surface area contributed by atoms with Crippen LogP contribution in [-0.2, 0) is 13.6 Å². The Morgan fingerprint density at radius 2 is 2.33 bits per heavy atom. The Morgan fingerprint density at radius 3 is 3.00 bits per heavy atom. The van der Waals surface area contributed by atoms with Crippen LogP contribution >= 0.6 is 11.6 Å². The SMILES string of the molecule is Cn1cnc(CNC(=O)c2cc(N)ncc2Cl)n1. The van der Waals surface area contributed by atoms with Gasteiger partial charge in [0.15, 0.2) is 5.82 Å². The lowest BCUT2D eigenvalue weighted by Gasteiger charge is -2.05. The maximum absolute atomic E-state index is 11.9. The summed E-state index contributed by atoms with van der Waals surface area (Å²) < 4.78 is 1.55. The predicted octanol–water partition coefficient (Wildman–Crippen LogP) is 0.376. The maximum Gasteiger partial charge on any atom is 0.253 e. The zero-order valence-corrected chi connectivity index (χ0v) is 10.3. The number of halogens is 1. The molecule has 0 saturated carbocycles. The van der Waals surface area contributed by atoms with Gasteiger partial charge >= 0.3 is 0 Å². The van der Waals surface area contributed by atoms with Gasteiger partial charge in [0.05, 0.1) is 17.1 Å². The lowest BCUT2D eigenvalue weighted by atomic mass is 10.2. The molecular weight excluding hydrogens is 256 g/mol. The van der Waals surface area contributed by atoms with E-state index >= 15 is 0 Å². The Kier molecular flexibility index (Phi) is 3.42. The van der Waals surface area contributed by atoms with E-state index in [2.05, 4.69) is 20.4 Å². The van der Waals surface area contributed by atoms with Gasteiger partial charge in [0.25, 0.3) is 5.91 Å². The van der Waals surface area contributed by atoms with Gasteiger partial charge in [0.1, 0.15) is 12.1 Å². The highest BCUT2D eigenvalue weighted by atomic mass is 35.5. The normalized spacial score (nSPS) is 10.3. The van der Waals surface area contributed by atoms with Crippen LogP contribution in [0.15, 0.2) is 18.6 Å². The summed E-state index contributed by atoms with van der Waals surface area (Å²) in [6.07, 6.45) is 2.89. The fourth-order valence-corrected chi connectivity index (χ4v) is 1.54. The average molecular weight is 267 g/mol. The van der Waals surface area contributed by atoms with Crippen LogP contribution in [0.3, 0.4) is 0 Å². The molecule has 94 valence electrons. The minimum Gasteiger partial charge on any atom is -0.384 e. The summed E-state index contributed by atoms with van der Waals surface area (Å²) in [6, 6.07) is 1.42. The molecule has 2 rings (SSSR count). The second-order valence-electron chi connectivity index (χ2n) is 3.61. The molecule has 0 aliphatic carbocycles. The van der Waals surface area contributed by atoms with Crippen molar-refractivity contribution in [2.45, 2.75) is 6.54 Å². The standard InChI is InChI=1S/C10H11ClN6O/c1-17-5-15-9(16-17)4-14-10(18)6-2-8(12)13-3-7(6)11/h2-3,5H,4H2,1H3,(H2,12,13)(H,14,18). The average Bonchev–Trinajstić information content (AvgIpc) is 2.75. The molecule has 0 radical (unpaired) electrons. The number of carbonyl (C=O) groups is 1. The number of pyridine rings is 1. The van der Waals surface area contributed by atoms with Gasteiger partial charge < -0.3 is 11.1 Å². The largest absolute Gasteiger partial charge is 0.384 e. The number of aromatic nitrogens is 4. The van der Waals surface area contributed by atoms with Crippen molar-refractivity contribution in [3.63, 3.8) is 0 Å². The van der Waals surface area contributed by atoms with Crippen molar-refractivity contribution in [1.29, 1.82) is 0 Å². The zero-order valence-electron chi connectivity index (χ0n) is 9.59. The van der Waals surface area contributed by atoms with Crippen molar-refractivity contribution in [1.82, 2.24) is 25.1 Å². The van der Waals surface area contributed by atoms with Crippen molar-refractivity contribution >= 4 is 23.3 Å². The number of anilines is 1. The van der Waals surface area contributed by atoms with Crippen LogP contribution in [0, 0.1) is 0 Å². The van der Waals surface area contributed by atoms with Crippen molar-refractivity contribution in [3.05, 3.63) is 35.0 Å². The molecule has 0 aliphatic rings. The molecule has 1 amide bonds. The summed E-state index contributed by atoms with van der Waals surface area (Å²) >= 11 is 5.86. The van der Waals surface area contributed by atoms with Crippen LogP contribution in [0.1, 0.15) is 16.2 Å². The van der Waals surface area contributed by atoms with Crippen molar-refractivity contribution in [2.75, 3.05) is 5.73 Å². The summed E-state index contributed by atoms with van der Waals surface area (Å²) in [6.45, 7) is 0.220. The Hall–Kier alpha value is -2.15. The first-order chi connectivity index (χ1) is 8.56. The van der Waals surface area contributed by atoms with Crippen LogP contribution in [0.25, 0.3) is 0 Å². The Morgan fingerprint density at radius 1 is 1.56 bits per heavy atom. The van der Waals surface area contributed by atoms with Crippen LogP contribution in [0.4, 0.5) is 5.82 Å². The summed E-state index contributed by atoms with van der Waals surface area (Å²) in [5, 5.41) is 6.93. The zero-order chi connectivity index (χ0) is 13.1. The third-order valence-electron chi connectivity index (χ3n) is 2.18. The van der Waals surface area contributed by atoms with Gasteiger partial charge in [0.2, 0.25) is 0 Å². The highest BCUT2D eigenvalue weighted by Crippen LogP contribution is 2.16. The lowest BCUT2D eigenvalue weighted by Crippen LogP contribution is -2.24. The summed E-state index contributed by atoms with van der Waals surface area (Å²) in [7, 11) is 1.75. The van der Waals surface area contributed by atoms with Gasteiger partial charge in [-0.2, -0.15) is 5.10 Å². The second-order valence-corrected chi connectivity index (χ2v) is 4.01. The van der Waals surface area contributed by atoms with Gasteiger partial charge in [0, 0.05) is 13.2 Å². The topological polar surface area (TPSA) is 98.7 Å². The molecule has 0 saturated heterocycles. The molecule has 2 heterocycles.